The van der Waals surface area contributed by atoms with Crippen LogP contribution in [0.2, 0.25) is 0 Å². The molecule has 0 aliphatic heterocycles. The predicted molar refractivity (Wildman–Crippen MR) is 100 cm³/mol. The lowest BCUT2D eigenvalue weighted by Gasteiger charge is -2.14. The number of nitrogens with zero attached hydrogens (tertiary/aromatic N) is 2. The normalized spacial score (nSPS) is 11.8. The van der Waals surface area contributed by atoms with Gasteiger partial charge in [0.15, 0.2) is 0 Å². The summed E-state index contributed by atoms with van der Waals surface area (Å²) >= 11 is 0. The van der Waals surface area contributed by atoms with E-state index < -0.39 is 0 Å². The van der Waals surface area contributed by atoms with Crippen LogP contribution in [0.1, 0.15) is 18.5 Å². The molecule has 0 saturated heterocycles. The van der Waals surface area contributed by atoms with Crippen LogP contribution >= 0.6 is 0 Å². The maximum atomic E-state index is 6.22. The highest BCUT2D eigenvalue weighted by Gasteiger charge is 2.07. The number of ether oxygens (including phenoxy) is 1. The van der Waals surface area contributed by atoms with Crippen molar-refractivity contribution < 1.29 is 4.74 Å². The van der Waals surface area contributed by atoms with Crippen molar-refractivity contribution in [3.05, 3.63) is 72.6 Å². The van der Waals surface area contributed by atoms with Crippen molar-refractivity contribution in [3.63, 3.8) is 0 Å². The van der Waals surface area contributed by atoms with Crippen LogP contribution in [0.25, 0.3) is 11.3 Å². The van der Waals surface area contributed by atoms with Gasteiger partial charge in [-0.1, -0.05) is 30.3 Å². The molecule has 1 aromatic heterocycles. The van der Waals surface area contributed by atoms with Crippen molar-refractivity contribution in [1.82, 2.24) is 9.97 Å². The van der Waals surface area contributed by atoms with Crippen LogP contribution in [0.5, 0.6) is 5.75 Å². The number of nitrogens with one attached hydrogen (secondary N) is 1. The third-order valence-electron chi connectivity index (χ3n) is 3.86. The fourth-order valence-electron chi connectivity index (χ4n) is 2.53. The molecule has 0 aliphatic carbocycles. The number of hydrogen-bond donors (Lipinski definition) is 2. The van der Waals surface area contributed by atoms with Gasteiger partial charge >= 0.3 is 0 Å². The highest BCUT2D eigenvalue weighted by molar-refractivity contribution is 5.62. The summed E-state index contributed by atoms with van der Waals surface area (Å²) in [5.74, 6) is 1.61. The molecule has 0 spiro atoms. The van der Waals surface area contributed by atoms with Crippen LogP contribution in [0.4, 0.5) is 5.82 Å². The fourth-order valence-corrected chi connectivity index (χ4v) is 2.53. The quantitative estimate of drug-likeness (QED) is 0.690. The van der Waals surface area contributed by atoms with Crippen LogP contribution < -0.4 is 15.8 Å². The van der Waals surface area contributed by atoms with Crippen molar-refractivity contribution in [1.29, 1.82) is 0 Å². The Morgan fingerprint density at radius 3 is 2.52 bits per heavy atom. The molecule has 0 radical (unpaired) electrons. The van der Waals surface area contributed by atoms with Gasteiger partial charge in [0.2, 0.25) is 0 Å². The lowest BCUT2D eigenvalue weighted by atomic mass is 10.1. The smallest absolute Gasteiger partial charge is 0.130 e. The van der Waals surface area contributed by atoms with Crippen LogP contribution in [-0.4, -0.2) is 23.1 Å². The summed E-state index contributed by atoms with van der Waals surface area (Å²) in [5, 5.41) is 3.28. The van der Waals surface area contributed by atoms with Gasteiger partial charge in [0, 0.05) is 24.2 Å². The van der Waals surface area contributed by atoms with Crippen LogP contribution in [0, 0.1) is 0 Å². The van der Waals surface area contributed by atoms with E-state index in [9.17, 15) is 0 Å². The molecule has 0 fully saturated rings. The maximum Gasteiger partial charge on any atom is 0.130 e. The van der Waals surface area contributed by atoms with Gasteiger partial charge in [-0.15, -0.1) is 0 Å². The molecule has 3 rings (SSSR count). The number of benzene rings is 2. The third kappa shape index (κ3) is 4.55. The predicted octanol–water partition coefficient (Wildman–Crippen LogP) is 3.65. The number of hydrogen-bond acceptors (Lipinski definition) is 5. The molecule has 0 unspecified atom stereocenters. The first-order valence-electron chi connectivity index (χ1n) is 8.36. The van der Waals surface area contributed by atoms with Crippen molar-refractivity contribution in [3.8, 4) is 17.0 Å². The Bertz CT molecular complexity index is 790. The minimum absolute atomic E-state index is 0.0925. The molecule has 0 saturated carbocycles. The summed E-state index contributed by atoms with van der Waals surface area (Å²) in [6.45, 7) is 3.22. The standard InChI is InChI=1S/C20H22N4O/c1-2-25-17-10-8-16(9-11-17)19-12-20(24-14-23-19)22-13-18(21)15-6-4-3-5-7-15/h3-12,14,18H,2,13,21H2,1H3,(H,22,23,24)/t18-/m0/s1. The lowest BCUT2D eigenvalue weighted by molar-refractivity contribution is 0.340. The van der Waals surface area contributed by atoms with Gasteiger partial charge in [-0.3, -0.25) is 0 Å². The molecule has 0 bridgehead atoms. The van der Waals surface area contributed by atoms with Gasteiger partial charge < -0.3 is 15.8 Å². The maximum absolute atomic E-state index is 6.22. The number of nitrogens with two attached hydrogens (primary N) is 1. The number of anilines is 1. The van der Waals surface area contributed by atoms with Gasteiger partial charge in [0.25, 0.3) is 0 Å². The van der Waals surface area contributed by atoms with E-state index in [4.69, 9.17) is 10.5 Å². The summed E-state index contributed by atoms with van der Waals surface area (Å²) in [5.41, 5.74) is 9.18. The molecule has 128 valence electrons. The van der Waals surface area contributed by atoms with E-state index in [-0.39, 0.29) is 6.04 Å². The monoisotopic (exact) mass is 334 g/mol. The molecule has 2 aromatic carbocycles. The van der Waals surface area contributed by atoms with Crippen LogP contribution in [0.3, 0.4) is 0 Å². The molecule has 1 heterocycles. The van der Waals surface area contributed by atoms with Gasteiger partial charge in [-0.2, -0.15) is 0 Å². The summed E-state index contributed by atoms with van der Waals surface area (Å²) in [6.07, 6.45) is 1.56. The Kier molecular flexibility index (Phi) is 5.59. The summed E-state index contributed by atoms with van der Waals surface area (Å²) in [7, 11) is 0. The summed E-state index contributed by atoms with van der Waals surface area (Å²) in [6, 6.07) is 19.7. The van der Waals surface area contributed by atoms with E-state index in [0.29, 0.717) is 13.2 Å². The lowest BCUT2D eigenvalue weighted by Crippen LogP contribution is -2.20. The first-order chi connectivity index (χ1) is 12.3. The zero-order valence-electron chi connectivity index (χ0n) is 14.2. The Morgan fingerprint density at radius 1 is 1.04 bits per heavy atom. The van der Waals surface area contributed by atoms with E-state index in [1.807, 2.05) is 67.6 Å². The Balaban J connectivity index is 1.67. The summed E-state index contributed by atoms with van der Waals surface area (Å²) < 4.78 is 5.47. The van der Waals surface area contributed by atoms with E-state index in [1.165, 1.54) is 0 Å². The van der Waals surface area contributed by atoms with Crippen molar-refractivity contribution in [2.45, 2.75) is 13.0 Å². The van der Waals surface area contributed by atoms with E-state index in [0.717, 1.165) is 28.4 Å². The molecule has 5 heteroatoms. The highest BCUT2D eigenvalue weighted by atomic mass is 16.5. The first-order valence-corrected chi connectivity index (χ1v) is 8.36. The first kappa shape index (κ1) is 16.9. The minimum Gasteiger partial charge on any atom is -0.494 e. The Labute approximate surface area is 147 Å². The molecule has 25 heavy (non-hydrogen) atoms. The zero-order valence-corrected chi connectivity index (χ0v) is 14.2. The molecular weight excluding hydrogens is 312 g/mol. The average Bonchev–Trinajstić information content (AvgIpc) is 2.68. The molecule has 3 N–H and O–H groups in total. The third-order valence-corrected chi connectivity index (χ3v) is 3.86. The van der Waals surface area contributed by atoms with E-state index in [1.54, 1.807) is 6.33 Å². The SMILES string of the molecule is CCOc1ccc(-c2cc(NC[C@H](N)c3ccccc3)ncn2)cc1. The Hall–Kier alpha value is -2.92. The molecule has 0 aliphatic rings. The summed E-state index contributed by atoms with van der Waals surface area (Å²) in [4.78, 5) is 8.62. The largest absolute Gasteiger partial charge is 0.494 e. The minimum atomic E-state index is -0.0925. The molecule has 1 atom stereocenters. The van der Waals surface area contributed by atoms with Crippen LogP contribution in [-0.2, 0) is 0 Å². The van der Waals surface area contributed by atoms with Gasteiger partial charge in [-0.25, -0.2) is 9.97 Å². The fraction of sp³-hybridized carbons (Fsp3) is 0.200. The topological polar surface area (TPSA) is 73.1 Å². The second kappa shape index (κ2) is 8.26. The highest BCUT2D eigenvalue weighted by Crippen LogP contribution is 2.22. The molecule has 5 nitrogen and oxygen atoms in total. The molecular formula is C20H22N4O. The second-order valence-electron chi connectivity index (χ2n) is 5.64. The van der Waals surface area contributed by atoms with Gasteiger partial charge in [0.05, 0.1) is 12.3 Å². The van der Waals surface area contributed by atoms with Gasteiger partial charge in [0.1, 0.15) is 17.9 Å². The van der Waals surface area contributed by atoms with Gasteiger partial charge in [-0.05, 0) is 36.8 Å². The van der Waals surface area contributed by atoms with Crippen LogP contribution in [0.15, 0.2) is 67.0 Å². The average molecular weight is 334 g/mol. The molecule has 3 aromatic rings. The number of aromatic nitrogens is 2. The van der Waals surface area contributed by atoms with E-state index in [2.05, 4.69) is 15.3 Å². The number of rotatable bonds is 7. The van der Waals surface area contributed by atoms with Crippen molar-refractivity contribution in [2.75, 3.05) is 18.5 Å². The molecule has 0 amide bonds. The second-order valence-corrected chi connectivity index (χ2v) is 5.64. The van der Waals surface area contributed by atoms with Crippen molar-refractivity contribution in [2.24, 2.45) is 5.73 Å². The zero-order chi connectivity index (χ0) is 17.5. The van der Waals surface area contributed by atoms with Crippen molar-refractivity contribution >= 4 is 5.82 Å². The Morgan fingerprint density at radius 2 is 1.80 bits per heavy atom. The van der Waals surface area contributed by atoms with E-state index >= 15 is 0 Å².